The summed E-state index contributed by atoms with van der Waals surface area (Å²) >= 11 is 0. The Morgan fingerprint density at radius 2 is 2.12 bits per heavy atom. The van der Waals surface area contributed by atoms with Crippen LogP contribution in [0.15, 0.2) is 11.5 Å². The molecule has 2 atom stereocenters. The maximum absolute atomic E-state index is 10.9. The number of aliphatic hydroxyl groups excluding tert-OH is 3. The highest BCUT2D eigenvalue weighted by Gasteiger charge is 2.39. The summed E-state index contributed by atoms with van der Waals surface area (Å²) in [7, 11) is 0. The van der Waals surface area contributed by atoms with E-state index in [4.69, 9.17) is 9.84 Å². The van der Waals surface area contributed by atoms with Crippen molar-refractivity contribution in [1.82, 2.24) is 0 Å². The average molecular weight is 246 g/mol. The van der Waals surface area contributed by atoms with Crippen molar-refractivity contribution in [1.29, 1.82) is 0 Å². The molecule has 0 unspecified atom stereocenters. The van der Waals surface area contributed by atoms with Crippen molar-refractivity contribution in [3.05, 3.63) is 11.5 Å². The SMILES string of the molecule is CCCCCOC[C@H](O)[C@H]1OC(=O)C(O)=C1O. The molecule has 0 aromatic heterocycles. The quantitative estimate of drug-likeness (QED) is 0.454. The molecule has 17 heavy (non-hydrogen) atoms. The first kappa shape index (κ1) is 13.8. The Morgan fingerprint density at radius 3 is 2.65 bits per heavy atom. The minimum absolute atomic E-state index is 0.0565. The molecule has 0 saturated heterocycles. The van der Waals surface area contributed by atoms with E-state index >= 15 is 0 Å². The number of aliphatic hydroxyl groups is 3. The summed E-state index contributed by atoms with van der Waals surface area (Å²) in [6.45, 7) is 2.51. The van der Waals surface area contributed by atoms with Gasteiger partial charge in [0, 0.05) is 6.61 Å². The minimum Gasteiger partial charge on any atom is -0.505 e. The summed E-state index contributed by atoms with van der Waals surface area (Å²) in [4.78, 5) is 10.9. The van der Waals surface area contributed by atoms with Crippen LogP contribution in [0, 0.1) is 0 Å². The summed E-state index contributed by atoms with van der Waals surface area (Å²) in [5.41, 5.74) is 0. The van der Waals surface area contributed by atoms with Gasteiger partial charge in [-0.2, -0.15) is 0 Å². The Labute approximate surface area is 99.5 Å². The molecule has 3 N–H and O–H groups in total. The largest absolute Gasteiger partial charge is 0.505 e. The number of carbonyl (C=O) groups is 1. The van der Waals surface area contributed by atoms with E-state index in [0.29, 0.717) is 6.61 Å². The predicted octanol–water partition coefficient (Wildman–Crippen LogP) is 0.807. The normalized spacial score (nSPS) is 21.8. The molecule has 1 aliphatic heterocycles. The third-order valence-electron chi connectivity index (χ3n) is 2.47. The first-order chi connectivity index (χ1) is 8.07. The third kappa shape index (κ3) is 3.61. The van der Waals surface area contributed by atoms with Crippen LogP contribution in [0.5, 0.6) is 0 Å². The number of hydrogen-bond acceptors (Lipinski definition) is 6. The lowest BCUT2D eigenvalue weighted by atomic mass is 10.2. The molecular formula is C11H18O6. The highest BCUT2D eigenvalue weighted by Crippen LogP contribution is 2.21. The van der Waals surface area contributed by atoms with Crippen LogP contribution in [0.25, 0.3) is 0 Å². The average Bonchev–Trinajstić information content (AvgIpc) is 2.56. The van der Waals surface area contributed by atoms with Gasteiger partial charge in [-0.05, 0) is 6.42 Å². The van der Waals surface area contributed by atoms with Gasteiger partial charge in [0.2, 0.25) is 5.76 Å². The zero-order valence-electron chi connectivity index (χ0n) is 9.76. The number of cyclic esters (lactones) is 1. The van der Waals surface area contributed by atoms with E-state index in [9.17, 15) is 15.0 Å². The van der Waals surface area contributed by atoms with Gasteiger partial charge >= 0.3 is 5.97 Å². The van der Waals surface area contributed by atoms with Crippen molar-refractivity contribution in [2.75, 3.05) is 13.2 Å². The van der Waals surface area contributed by atoms with Gasteiger partial charge in [-0.15, -0.1) is 0 Å². The van der Waals surface area contributed by atoms with E-state index in [0.717, 1.165) is 19.3 Å². The number of esters is 1. The van der Waals surface area contributed by atoms with E-state index in [1.54, 1.807) is 0 Å². The van der Waals surface area contributed by atoms with Gasteiger partial charge in [0.15, 0.2) is 11.9 Å². The molecular weight excluding hydrogens is 228 g/mol. The van der Waals surface area contributed by atoms with Crippen molar-refractivity contribution < 1.29 is 29.6 Å². The van der Waals surface area contributed by atoms with Crippen molar-refractivity contribution in [2.45, 2.75) is 38.4 Å². The Morgan fingerprint density at radius 1 is 1.41 bits per heavy atom. The van der Waals surface area contributed by atoms with Crippen LogP contribution in [-0.2, 0) is 14.3 Å². The molecule has 0 radical (unpaired) electrons. The number of carbonyl (C=O) groups excluding carboxylic acids is 1. The molecule has 0 amide bonds. The topological polar surface area (TPSA) is 96.2 Å². The van der Waals surface area contributed by atoms with Gasteiger partial charge in [0.05, 0.1) is 6.61 Å². The van der Waals surface area contributed by atoms with Gasteiger partial charge in [-0.3, -0.25) is 0 Å². The van der Waals surface area contributed by atoms with E-state index in [1.807, 2.05) is 0 Å². The molecule has 98 valence electrons. The molecule has 0 aromatic rings. The Kier molecular flexibility index (Phi) is 5.24. The van der Waals surface area contributed by atoms with E-state index < -0.39 is 29.7 Å². The minimum atomic E-state index is -1.23. The second-order valence-corrected chi connectivity index (χ2v) is 3.91. The molecule has 0 bridgehead atoms. The van der Waals surface area contributed by atoms with E-state index in [2.05, 4.69) is 11.7 Å². The van der Waals surface area contributed by atoms with Gasteiger partial charge in [-0.1, -0.05) is 19.8 Å². The van der Waals surface area contributed by atoms with Crippen molar-refractivity contribution >= 4 is 5.97 Å². The molecule has 0 aromatic carbocycles. The van der Waals surface area contributed by atoms with Crippen LogP contribution in [0.4, 0.5) is 0 Å². The molecule has 0 saturated carbocycles. The summed E-state index contributed by atoms with van der Waals surface area (Å²) in [6, 6.07) is 0. The fourth-order valence-electron chi connectivity index (χ4n) is 1.47. The molecule has 0 fully saturated rings. The zero-order valence-corrected chi connectivity index (χ0v) is 9.76. The fourth-order valence-corrected chi connectivity index (χ4v) is 1.47. The second-order valence-electron chi connectivity index (χ2n) is 3.91. The van der Waals surface area contributed by atoms with Crippen LogP contribution in [0.1, 0.15) is 26.2 Å². The van der Waals surface area contributed by atoms with Crippen LogP contribution >= 0.6 is 0 Å². The number of ether oxygens (including phenoxy) is 2. The van der Waals surface area contributed by atoms with E-state index in [-0.39, 0.29) is 6.61 Å². The standard InChI is InChI=1S/C11H18O6/c1-2-3-4-5-16-6-7(12)10-8(13)9(14)11(15)17-10/h7,10,12-14H,2-6H2,1H3/t7-,10+/m0/s1. The maximum atomic E-state index is 10.9. The highest BCUT2D eigenvalue weighted by atomic mass is 16.6. The van der Waals surface area contributed by atoms with E-state index in [1.165, 1.54) is 0 Å². The van der Waals surface area contributed by atoms with Gasteiger partial charge in [0.1, 0.15) is 6.10 Å². The third-order valence-corrected chi connectivity index (χ3v) is 2.47. The molecule has 1 rings (SSSR count). The highest BCUT2D eigenvalue weighted by molar-refractivity contribution is 5.89. The first-order valence-corrected chi connectivity index (χ1v) is 5.66. The summed E-state index contributed by atoms with van der Waals surface area (Å²) in [5, 5.41) is 27.9. The lowest BCUT2D eigenvalue weighted by Gasteiger charge is -2.17. The van der Waals surface area contributed by atoms with Crippen LogP contribution in [0.2, 0.25) is 0 Å². The smallest absolute Gasteiger partial charge is 0.377 e. The maximum Gasteiger partial charge on any atom is 0.377 e. The van der Waals surface area contributed by atoms with Crippen molar-refractivity contribution in [3.8, 4) is 0 Å². The molecule has 0 aliphatic carbocycles. The summed E-state index contributed by atoms with van der Waals surface area (Å²) < 4.78 is 9.75. The zero-order chi connectivity index (χ0) is 12.8. The monoisotopic (exact) mass is 246 g/mol. The number of hydrogen-bond donors (Lipinski definition) is 3. The number of rotatable bonds is 7. The predicted molar refractivity (Wildman–Crippen MR) is 58.5 cm³/mol. The lowest BCUT2D eigenvalue weighted by molar-refractivity contribution is -0.148. The Hall–Kier alpha value is -1.27. The summed E-state index contributed by atoms with van der Waals surface area (Å²) in [5.74, 6) is -2.52. The first-order valence-electron chi connectivity index (χ1n) is 5.66. The molecule has 6 nitrogen and oxygen atoms in total. The molecule has 6 heteroatoms. The second kappa shape index (κ2) is 6.46. The van der Waals surface area contributed by atoms with Crippen molar-refractivity contribution in [2.24, 2.45) is 0 Å². The molecule has 1 aliphatic rings. The molecule has 0 spiro atoms. The van der Waals surface area contributed by atoms with Crippen LogP contribution in [0.3, 0.4) is 0 Å². The Bertz CT molecular complexity index is 298. The lowest BCUT2D eigenvalue weighted by Crippen LogP contribution is -2.33. The molecule has 1 heterocycles. The number of unbranched alkanes of at least 4 members (excludes halogenated alkanes) is 2. The van der Waals surface area contributed by atoms with Gasteiger partial charge in [0.25, 0.3) is 0 Å². The summed E-state index contributed by atoms with van der Waals surface area (Å²) in [6.07, 6.45) is 0.601. The van der Waals surface area contributed by atoms with Crippen molar-refractivity contribution in [3.63, 3.8) is 0 Å². The Balaban J connectivity index is 2.29. The van der Waals surface area contributed by atoms with Crippen LogP contribution < -0.4 is 0 Å². The van der Waals surface area contributed by atoms with Gasteiger partial charge < -0.3 is 24.8 Å². The fraction of sp³-hybridized carbons (Fsp3) is 0.727. The van der Waals surface area contributed by atoms with Crippen LogP contribution in [-0.4, -0.2) is 46.7 Å². The van der Waals surface area contributed by atoms with Gasteiger partial charge in [-0.25, -0.2) is 4.79 Å².